The molecule has 1 heterocycles. The fraction of sp³-hybridized carbons (Fsp3) is 0.562. The average molecular weight is 261 g/mol. The number of carbonyl (C=O) groups is 1. The predicted molar refractivity (Wildman–Crippen MR) is 76.5 cm³/mol. The van der Waals surface area contributed by atoms with E-state index in [1.807, 2.05) is 6.07 Å². The largest absolute Gasteiger partial charge is 0.497 e. The number of unbranched alkanes of at least 4 members (excludes halogenated alkanes) is 1. The molecule has 1 aliphatic rings. The Kier molecular flexibility index (Phi) is 4.97. The number of hydrogen-bond acceptors (Lipinski definition) is 3. The summed E-state index contributed by atoms with van der Waals surface area (Å²) in [4.78, 5) is 10.4. The summed E-state index contributed by atoms with van der Waals surface area (Å²) in [6.07, 6.45) is 4.81. The van der Waals surface area contributed by atoms with Crippen molar-refractivity contribution in [1.29, 1.82) is 0 Å². The van der Waals surface area contributed by atoms with Gasteiger partial charge in [0.2, 0.25) is 0 Å². The van der Waals surface area contributed by atoms with Gasteiger partial charge in [-0.3, -0.25) is 0 Å². The highest BCUT2D eigenvalue weighted by molar-refractivity contribution is 5.49. The minimum absolute atomic E-state index is 0.380. The van der Waals surface area contributed by atoms with Crippen molar-refractivity contribution in [2.75, 3.05) is 13.7 Å². The molecule has 0 saturated heterocycles. The molecule has 0 aliphatic carbocycles. The molecule has 2 unspecified atom stereocenters. The highest BCUT2D eigenvalue weighted by Gasteiger charge is 2.24. The summed E-state index contributed by atoms with van der Waals surface area (Å²) in [5.41, 5.74) is 2.79. The predicted octanol–water partition coefficient (Wildman–Crippen LogP) is 2.89. The van der Waals surface area contributed by atoms with Crippen LogP contribution in [0.25, 0.3) is 0 Å². The van der Waals surface area contributed by atoms with Crippen LogP contribution >= 0.6 is 0 Å². The molecule has 2 rings (SSSR count). The van der Waals surface area contributed by atoms with Crippen LogP contribution in [0.3, 0.4) is 0 Å². The highest BCUT2D eigenvalue weighted by atomic mass is 16.5. The number of fused-ring (bicyclic) bond motifs is 1. The van der Waals surface area contributed by atoms with E-state index in [2.05, 4.69) is 24.4 Å². The smallest absolute Gasteiger partial charge is 0.119 e. The van der Waals surface area contributed by atoms with Crippen LogP contribution in [0.15, 0.2) is 18.2 Å². The minimum atomic E-state index is 0.380. The van der Waals surface area contributed by atoms with Crippen molar-refractivity contribution in [2.45, 2.75) is 38.6 Å². The first-order valence-electron chi connectivity index (χ1n) is 7.10. The molecule has 104 valence electrons. The molecular formula is C16H23NO2. The first-order chi connectivity index (χ1) is 9.26. The zero-order chi connectivity index (χ0) is 13.7. The van der Waals surface area contributed by atoms with Crippen LogP contribution in [0.2, 0.25) is 0 Å². The molecule has 0 amide bonds. The van der Waals surface area contributed by atoms with Gasteiger partial charge in [0.05, 0.1) is 7.11 Å². The van der Waals surface area contributed by atoms with E-state index >= 15 is 0 Å². The van der Waals surface area contributed by atoms with Crippen molar-refractivity contribution >= 4 is 6.29 Å². The van der Waals surface area contributed by atoms with Crippen LogP contribution in [0.4, 0.5) is 0 Å². The van der Waals surface area contributed by atoms with E-state index < -0.39 is 0 Å². The quantitative estimate of drug-likeness (QED) is 0.632. The lowest BCUT2D eigenvalue weighted by Gasteiger charge is -2.32. The summed E-state index contributed by atoms with van der Waals surface area (Å²) in [6.45, 7) is 3.29. The molecule has 1 aromatic rings. The molecular weight excluding hydrogens is 238 g/mol. The van der Waals surface area contributed by atoms with Crippen molar-refractivity contribution in [1.82, 2.24) is 5.32 Å². The van der Waals surface area contributed by atoms with Gasteiger partial charge in [-0.15, -0.1) is 0 Å². The fourth-order valence-corrected chi connectivity index (χ4v) is 2.89. The molecule has 19 heavy (non-hydrogen) atoms. The van der Waals surface area contributed by atoms with Gasteiger partial charge >= 0.3 is 0 Å². The maximum absolute atomic E-state index is 10.4. The van der Waals surface area contributed by atoms with E-state index in [9.17, 15) is 4.79 Å². The molecule has 1 N–H and O–H groups in total. The second-order valence-corrected chi connectivity index (χ2v) is 5.32. The van der Waals surface area contributed by atoms with Gasteiger partial charge in [-0.25, -0.2) is 0 Å². The summed E-state index contributed by atoms with van der Waals surface area (Å²) < 4.78 is 5.33. The third-order valence-corrected chi connectivity index (χ3v) is 4.00. The second kappa shape index (κ2) is 6.71. The second-order valence-electron chi connectivity index (χ2n) is 5.32. The third-order valence-electron chi connectivity index (χ3n) is 4.00. The first-order valence-corrected chi connectivity index (χ1v) is 7.10. The Bertz CT molecular complexity index is 431. The number of hydrogen-bond donors (Lipinski definition) is 1. The van der Waals surface area contributed by atoms with E-state index in [0.717, 1.165) is 37.8 Å². The highest BCUT2D eigenvalue weighted by Crippen LogP contribution is 2.33. The number of methoxy groups -OCH3 is 1. The number of ether oxygens (including phenoxy) is 1. The lowest BCUT2D eigenvalue weighted by molar-refractivity contribution is -0.108. The molecule has 0 fully saturated rings. The lowest BCUT2D eigenvalue weighted by atomic mass is 9.84. The van der Waals surface area contributed by atoms with Gasteiger partial charge in [0.15, 0.2) is 0 Å². The van der Waals surface area contributed by atoms with E-state index in [1.165, 1.54) is 11.1 Å². The van der Waals surface area contributed by atoms with Gasteiger partial charge in [-0.2, -0.15) is 0 Å². The number of rotatable bonds is 6. The van der Waals surface area contributed by atoms with Crippen molar-refractivity contribution < 1.29 is 9.53 Å². The first kappa shape index (κ1) is 14.1. The van der Waals surface area contributed by atoms with Crippen LogP contribution in [0.1, 0.15) is 43.4 Å². The minimum Gasteiger partial charge on any atom is -0.497 e. The molecule has 3 heteroatoms. The Morgan fingerprint density at radius 3 is 3.11 bits per heavy atom. The monoisotopic (exact) mass is 261 g/mol. The Balaban J connectivity index is 2.13. The maximum atomic E-state index is 10.4. The van der Waals surface area contributed by atoms with E-state index in [-0.39, 0.29) is 0 Å². The molecule has 0 saturated carbocycles. The average Bonchev–Trinajstić information content (AvgIpc) is 2.46. The van der Waals surface area contributed by atoms with Crippen LogP contribution in [0, 0.1) is 5.92 Å². The standard InChI is InChI=1S/C16H23NO2/c1-12(5-3-4-10-18)16-15-11-14(19-2)7-6-13(15)8-9-17-16/h6-7,10-12,16-17H,3-5,8-9H2,1-2H3. The summed E-state index contributed by atoms with van der Waals surface area (Å²) in [5.74, 6) is 1.46. The van der Waals surface area contributed by atoms with Gasteiger partial charge in [0, 0.05) is 12.5 Å². The van der Waals surface area contributed by atoms with E-state index in [0.29, 0.717) is 18.4 Å². The topological polar surface area (TPSA) is 38.3 Å². The van der Waals surface area contributed by atoms with Crippen molar-refractivity contribution in [3.05, 3.63) is 29.3 Å². The van der Waals surface area contributed by atoms with Gasteiger partial charge in [-0.05, 0) is 55.0 Å². The van der Waals surface area contributed by atoms with Gasteiger partial charge < -0.3 is 14.8 Å². The molecule has 2 atom stereocenters. The Hall–Kier alpha value is -1.35. The summed E-state index contributed by atoms with van der Waals surface area (Å²) in [7, 11) is 1.71. The van der Waals surface area contributed by atoms with Gasteiger partial charge in [0.25, 0.3) is 0 Å². The van der Waals surface area contributed by atoms with Gasteiger partial charge in [-0.1, -0.05) is 13.0 Å². The van der Waals surface area contributed by atoms with Crippen LogP contribution in [-0.2, 0) is 11.2 Å². The van der Waals surface area contributed by atoms with Crippen LogP contribution < -0.4 is 10.1 Å². The molecule has 0 spiro atoms. The molecule has 0 aromatic heterocycles. The SMILES string of the molecule is COc1ccc2c(c1)C(C(C)CCCC=O)NCC2. The van der Waals surface area contributed by atoms with E-state index in [4.69, 9.17) is 4.74 Å². The number of nitrogens with one attached hydrogen (secondary N) is 1. The zero-order valence-electron chi connectivity index (χ0n) is 11.8. The fourth-order valence-electron chi connectivity index (χ4n) is 2.89. The van der Waals surface area contributed by atoms with Crippen molar-refractivity contribution in [2.24, 2.45) is 5.92 Å². The molecule has 0 radical (unpaired) electrons. The number of carbonyl (C=O) groups excluding carboxylic acids is 1. The van der Waals surface area contributed by atoms with Gasteiger partial charge in [0.1, 0.15) is 12.0 Å². The molecule has 1 aliphatic heterocycles. The lowest BCUT2D eigenvalue weighted by Crippen LogP contribution is -2.34. The van der Waals surface area contributed by atoms with Crippen molar-refractivity contribution in [3.8, 4) is 5.75 Å². The van der Waals surface area contributed by atoms with Crippen LogP contribution in [0.5, 0.6) is 5.75 Å². The Morgan fingerprint density at radius 2 is 2.37 bits per heavy atom. The zero-order valence-corrected chi connectivity index (χ0v) is 11.8. The maximum Gasteiger partial charge on any atom is 0.119 e. The third kappa shape index (κ3) is 3.35. The summed E-state index contributed by atoms with van der Waals surface area (Å²) in [5, 5.41) is 3.61. The summed E-state index contributed by atoms with van der Waals surface area (Å²) in [6, 6.07) is 6.76. The number of benzene rings is 1. The number of aldehydes is 1. The van der Waals surface area contributed by atoms with Crippen molar-refractivity contribution in [3.63, 3.8) is 0 Å². The van der Waals surface area contributed by atoms with Crippen LogP contribution in [-0.4, -0.2) is 19.9 Å². The Morgan fingerprint density at radius 1 is 1.53 bits per heavy atom. The van der Waals surface area contributed by atoms with E-state index in [1.54, 1.807) is 7.11 Å². The normalized spacial score (nSPS) is 19.6. The molecule has 1 aromatic carbocycles. The molecule has 0 bridgehead atoms. The summed E-state index contributed by atoms with van der Waals surface area (Å²) >= 11 is 0. The Labute approximate surface area is 115 Å². The molecule has 3 nitrogen and oxygen atoms in total.